The first-order valence-corrected chi connectivity index (χ1v) is 8.55. The van der Waals surface area contributed by atoms with Gasteiger partial charge in [-0.25, -0.2) is 0 Å². The molecule has 2 atom stereocenters. The molecule has 2 unspecified atom stereocenters. The van der Waals surface area contributed by atoms with Crippen molar-refractivity contribution in [1.82, 2.24) is 0 Å². The number of aryl methyl sites for hydroxylation is 1. The lowest BCUT2D eigenvalue weighted by Gasteiger charge is -2.40. The van der Waals surface area contributed by atoms with Gasteiger partial charge in [0.1, 0.15) is 0 Å². The van der Waals surface area contributed by atoms with Crippen molar-refractivity contribution in [3.05, 3.63) is 33.8 Å². The quantitative estimate of drug-likeness (QED) is 0.862. The van der Waals surface area contributed by atoms with Crippen LogP contribution in [0.2, 0.25) is 0 Å². The Bertz CT molecular complexity index is 482. The summed E-state index contributed by atoms with van der Waals surface area (Å²) in [6, 6.07) is 6.65. The van der Waals surface area contributed by atoms with Crippen molar-refractivity contribution in [3.8, 4) is 0 Å². The Morgan fingerprint density at radius 1 is 1.35 bits per heavy atom. The van der Waals surface area contributed by atoms with E-state index in [1.165, 1.54) is 36.8 Å². The summed E-state index contributed by atoms with van der Waals surface area (Å²) in [4.78, 5) is 0. The van der Waals surface area contributed by atoms with Gasteiger partial charge in [0.2, 0.25) is 0 Å². The van der Waals surface area contributed by atoms with Crippen LogP contribution in [0, 0.1) is 12.8 Å². The summed E-state index contributed by atoms with van der Waals surface area (Å²) >= 11 is 3.56. The number of ether oxygens (including phenoxy) is 1. The zero-order valence-electron chi connectivity index (χ0n) is 12.2. The van der Waals surface area contributed by atoms with Gasteiger partial charge >= 0.3 is 0 Å². The predicted octanol–water partition coefficient (Wildman–Crippen LogP) is 4.50. The molecule has 0 aromatic heterocycles. The van der Waals surface area contributed by atoms with Crippen LogP contribution in [0.15, 0.2) is 22.7 Å². The molecular weight excluding hydrogens is 314 g/mol. The SMILES string of the molecule is Cc1cc(C(N)C2CCOC3(CCCC3)C2)ccc1Br. The fraction of sp³-hybridized carbons (Fsp3) is 0.647. The molecule has 3 heteroatoms. The lowest BCUT2D eigenvalue weighted by Crippen LogP contribution is -2.40. The van der Waals surface area contributed by atoms with E-state index >= 15 is 0 Å². The van der Waals surface area contributed by atoms with Gasteiger partial charge < -0.3 is 10.5 Å². The van der Waals surface area contributed by atoms with Crippen LogP contribution in [0.3, 0.4) is 0 Å². The lowest BCUT2D eigenvalue weighted by molar-refractivity contribution is -0.0963. The number of halogens is 1. The largest absolute Gasteiger partial charge is 0.375 e. The Labute approximate surface area is 130 Å². The third kappa shape index (κ3) is 2.81. The highest BCUT2D eigenvalue weighted by Gasteiger charge is 2.41. The van der Waals surface area contributed by atoms with Gasteiger partial charge in [0.15, 0.2) is 0 Å². The highest BCUT2D eigenvalue weighted by molar-refractivity contribution is 9.10. The van der Waals surface area contributed by atoms with Gasteiger partial charge in [-0.05, 0) is 55.7 Å². The fourth-order valence-corrected chi connectivity index (χ4v) is 4.13. The number of benzene rings is 1. The van der Waals surface area contributed by atoms with Gasteiger partial charge in [0.25, 0.3) is 0 Å². The maximum absolute atomic E-state index is 6.57. The Morgan fingerprint density at radius 2 is 2.10 bits per heavy atom. The van der Waals surface area contributed by atoms with E-state index in [9.17, 15) is 0 Å². The molecule has 0 radical (unpaired) electrons. The van der Waals surface area contributed by atoms with Crippen molar-refractivity contribution < 1.29 is 4.74 Å². The molecule has 1 saturated carbocycles. The first-order chi connectivity index (χ1) is 9.60. The molecule has 1 saturated heterocycles. The van der Waals surface area contributed by atoms with Crippen LogP contribution in [0.5, 0.6) is 0 Å². The molecule has 1 aliphatic heterocycles. The topological polar surface area (TPSA) is 35.2 Å². The summed E-state index contributed by atoms with van der Waals surface area (Å²) in [5.74, 6) is 0.558. The zero-order chi connectivity index (χ0) is 14.2. The van der Waals surface area contributed by atoms with Crippen LogP contribution in [-0.4, -0.2) is 12.2 Å². The first-order valence-electron chi connectivity index (χ1n) is 7.75. The maximum atomic E-state index is 6.57. The van der Waals surface area contributed by atoms with Crippen molar-refractivity contribution >= 4 is 15.9 Å². The van der Waals surface area contributed by atoms with Crippen LogP contribution in [0.25, 0.3) is 0 Å². The number of hydrogen-bond donors (Lipinski definition) is 1. The normalized spacial score (nSPS) is 26.9. The van der Waals surface area contributed by atoms with Crippen molar-refractivity contribution in [1.29, 1.82) is 0 Å². The molecule has 1 heterocycles. The van der Waals surface area contributed by atoms with Gasteiger partial charge in [-0.1, -0.05) is 40.9 Å². The molecule has 1 aromatic carbocycles. The molecule has 0 bridgehead atoms. The molecule has 2 fully saturated rings. The predicted molar refractivity (Wildman–Crippen MR) is 85.7 cm³/mol. The Hall–Kier alpha value is -0.380. The minimum absolute atomic E-state index is 0.142. The monoisotopic (exact) mass is 337 g/mol. The second-order valence-corrected chi connectivity index (χ2v) is 7.38. The van der Waals surface area contributed by atoms with E-state index in [1.807, 2.05) is 0 Å². The summed E-state index contributed by atoms with van der Waals surface area (Å²) in [7, 11) is 0. The van der Waals surface area contributed by atoms with Crippen LogP contribution in [-0.2, 0) is 4.74 Å². The maximum Gasteiger partial charge on any atom is 0.0685 e. The average Bonchev–Trinajstić information content (AvgIpc) is 2.89. The molecule has 1 aliphatic carbocycles. The molecular formula is C17H24BrNO. The summed E-state index contributed by atoms with van der Waals surface area (Å²) < 4.78 is 7.28. The Kier molecular flexibility index (Phi) is 4.21. The smallest absolute Gasteiger partial charge is 0.0685 e. The minimum Gasteiger partial charge on any atom is -0.375 e. The molecule has 20 heavy (non-hydrogen) atoms. The summed E-state index contributed by atoms with van der Waals surface area (Å²) in [6.45, 7) is 3.01. The number of hydrogen-bond acceptors (Lipinski definition) is 2. The summed E-state index contributed by atoms with van der Waals surface area (Å²) in [5.41, 5.74) is 9.26. The van der Waals surface area contributed by atoms with Crippen molar-refractivity contribution in [3.63, 3.8) is 0 Å². The minimum atomic E-state index is 0.142. The second kappa shape index (κ2) is 5.78. The van der Waals surface area contributed by atoms with E-state index in [4.69, 9.17) is 10.5 Å². The summed E-state index contributed by atoms with van der Waals surface area (Å²) in [5, 5.41) is 0. The molecule has 2 aliphatic rings. The highest BCUT2D eigenvalue weighted by atomic mass is 79.9. The molecule has 2 nitrogen and oxygen atoms in total. The molecule has 2 N–H and O–H groups in total. The van der Waals surface area contributed by atoms with Crippen LogP contribution < -0.4 is 5.73 Å². The Morgan fingerprint density at radius 3 is 2.80 bits per heavy atom. The molecule has 1 aromatic rings. The van der Waals surface area contributed by atoms with Crippen molar-refractivity contribution in [2.24, 2.45) is 11.7 Å². The van der Waals surface area contributed by atoms with Crippen LogP contribution >= 0.6 is 15.9 Å². The highest BCUT2D eigenvalue weighted by Crippen LogP contribution is 2.44. The number of nitrogens with two attached hydrogens (primary N) is 1. The van der Waals surface area contributed by atoms with Crippen LogP contribution in [0.4, 0.5) is 0 Å². The average molecular weight is 338 g/mol. The van der Waals surface area contributed by atoms with E-state index in [-0.39, 0.29) is 11.6 Å². The second-order valence-electron chi connectivity index (χ2n) is 6.53. The summed E-state index contributed by atoms with van der Waals surface area (Å²) in [6.07, 6.45) is 7.34. The first kappa shape index (κ1) is 14.6. The van der Waals surface area contributed by atoms with Gasteiger partial charge in [-0.15, -0.1) is 0 Å². The van der Waals surface area contributed by atoms with Crippen molar-refractivity contribution in [2.45, 2.75) is 57.1 Å². The molecule has 0 amide bonds. The fourth-order valence-electron chi connectivity index (χ4n) is 3.89. The number of rotatable bonds is 2. The molecule has 3 rings (SSSR count). The third-order valence-corrected chi connectivity index (χ3v) is 6.01. The van der Waals surface area contributed by atoms with Gasteiger partial charge in [-0.2, -0.15) is 0 Å². The van der Waals surface area contributed by atoms with Crippen LogP contribution in [0.1, 0.15) is 55.7 Å². The molecule has 110 valence electrons. The van der Waals surface area contributed by atoms with Gasteiger partial charge in [0.05, 0.1) is 5.60 Å². The van der Waals surface area contributed by atoms with E-state index in [1.54, 1.807) is 0 Å². The van der Waals surface area contributed by atoms with Crippen molar-refractivity contribution in [2.75, 3.05) is 6.61 Å². The van der Waals surface area contributed by atoms with E-state index in [2.05, 4.69) is 41.1 Å². The van der Waals surface area contributed by atoms with E-state index in [0.29, 0.717) is 5.92 Å². The van der Waals surface area contributed by atoms with E-state index in [0.717, 1.165) is 23.9 Å². The zero-order valence-corrected chi connectivity index (χ0v) is 13.8. The Balaban J connectivity index is 1.75. The van der Waals surface area contributed by atoms with E-state index < -0.39 is 0 Å². The third-order valence-electron chi connectivity index (χ3n) is 5.12. The molecule has 1 spiro atoms. The standard InChI is InChI=1S/C17H24BrNO/c1-12-10-13(4-5-15(12)18)16(19)14-6-9-20-17(11-14)7-2-3-8-17/h4-5,10,14,16H,2-3,6-9,11,19H2,1H3. The lowest BCUT2D eigenvalue weighted by atomic mass is 9.79. The van der Waals surface area contributed by atoms with Gasteiger partial charge in [-0.3, -0.25) is 0 Å². The van der Waals surface area contributed by atoms with Gasteiger partial charge in [0, 0.05) is 17.1 Å².